The Morgan fingerprint density at radius 1 is 0.938 bits per heavy atom. The van der Waals surface area contributed by atoms with E-state index in [1.54, 1.807) is 16.5 Å². The quantitative estimate of drug-likeness (QED) is 0.423. The zero-order chi connectivity index (χ0) is 22.8. The van der Waals surface area contributed by atoms with Crippen LogP contribution in [-0.2, 0) is 25.4 Å². The summed E-state index contributed by atoms with van der Waals surface area (Å²) in [5.74, 6) is -0.00892. The van der Waals surface area contributed by atoms with Crippen molar-refractivity contribution in [2.75, 3.05) is 10.7 Å². The predicted octanol–water partition coefficient (Wildman–Crippen LogP) is 2.91. The number of para-hydroxylation sites is 2. The van der Waals surface area contributed by atoms with Crippen LogP contribution in [0.4, 0.5) is 11.4 Å². The number of hydrogen-bond acceptors (Lipinski definition) is 5. The van der Waals surface area contributed by atoms with Crippen LogP contribution >= 0.6 is 11.8 Å². The van der Waals surface area contributed by atoms with Crippen molar-refractivity contribution in [3.63, 3.8) is 0 Å². The van der Waals surface area contributed by atoms with Gasteiger partial charge in [-0.1, -0.05) is 48.2 Å². The molecule has 2 heterocycles. The first-order valence-corrected chi connectivity index (χ1v) is 11.1. The molecule has 0 saturated carbocycles. The van der Waals surface area contributed by atoms with Crippen molar-refractivity contribution >= 4 is 40.2 Å². The van der Waals surface area contributed by atoms with Gasteiger partial charge in [0.2, 0.25) is 5.91 Å². The lowest BCUT2D eigenvalue weighted by molar-refractivity contribution is -0.115. The third-order valence-corrected chi connectivity index (χ3v) is 6.19. The fourth-order valence-corrected chi connectivity index (χ4v) is 4.52. The van der Waals surface area contributed by atoms with E-state index in [0.29, 0.717) is 22.9 Å². The Morgan fingerprint density at radius 3 is 2.03 bits per heavy atom. The van der Waals surface area contributed by atoms with Gasteiger partial charge >= 0.3 is 5.69 Å². The summed E-state index contributed by atoms with van der Waals surface area (Å²) in [5.41, 5.74) is 1.38. The SMILES string of the molecule is CCn1c(SCC(=O)N(c2ccccc2)c2ccccc2)nc2c1c(=O)n(C)c(=O)n2C. The second-order valence-electron chi connectivity index (χ2n) is 7.21. The van der Waals surface area contributed by atoms with Gasteiger partial charge in [-0.25, -0.2) is 9.78 Å². The zero-order valence-corrected chi connectivity index (χ0v) is 18.9. The molecule has 164 valence electrons. The van der Waals surface area contributed by atoms with Crippen LogP contribution in [0.1, 0.15) is 6.92 Å². The number of rotatable bonds is 6. The lowest BCUT2D eigenvalue weighted by Gasteiger charge is -2.23. The Balaban J connectivity index is 1.70. The molecule has 0 aliphatic heterocycles. The highest BCUT2D eigenvalue weighted by Gasteiger charge is 2.22. The summed E-state index contributed by atoms with van der Waals surface area (Å²) in [6.07, 6.45) is 0. The first kappa shape index (κ1) is 21.6. The number of hydrogen-bond donors (Lipinski definition) is 0. The van der Waals surface area contributed by atoms with Crippen LogP contribution in [0.5, 0.6) is 0 Å². The predicted molar refractivity (Wildman–Crippen MR) is 127 cm³/mol. The number of amides is 1. The number of carbonyl (C=O) groups is 1. The molecular weight excluding hydrogens is 426 g/mol. The number of fused-ring (bicyclic) bond motifs is 1. The van der Waals surface area contributed by atoms with E-state index in [1.165, 1.54) is 23.4 Å². The van der Waals surface area contributed by atoms with E-state index in [4.69, 9.17) is 0 Å². The molecule has 0 bridgehead atoms. The monoisotopic (exact) mass is 449 g/mol. The number of anilines is 2. The molecule has 0 atom stereocenters. The molecule has 1 amide bonds. The third-order valence-electron chi connectivity index (χ3n) is 5.23. The van der Waals surface area contributed by atoms with Gasteiger partial charge in [0.25, 0.3) is 5.56 Å². The van der Waals surface area contributed by atoms with Gasteiger partial charge in [0.15, 0.2) is 16.3 Å². The molecule has 0 aliphatic carbocycles. The third kappa shape index (κ3) is 3.75. The van der Waals surface area contributed by atoms with Crippen LogP contribution in [-0.4, -0.2) is 30.3 Å². The molecule has 0 unspecified atom stereocenters. The van der Waals surface area contributed by atoms with Crippen molar-refractivity contribution in [2.24, 2.45) is 14.1 Å². The van der Waals surface area contributed by atoms with Crippen molar-refractivity contribution in [1.29, 1.82) is 0 Å². The maximum Gasteiger partial charge on any atom is 0.332 e. The summed E-state index contributed by atoms with van der Waals surface area (Å²) in [6.45, 7) is 2.39. The topological polar surface area (TPSA) is 82.1 Å². The second kappa shape index (κ2) is 8.88. The normalized spacial score (nSPS) is 11.1. The molecular formula is C23H23N5O3S. The number of aryl methyl sites for hydroxylation is 2. The number of aromatic nitrogens is 4. The summed E-state index contributed by atoms with van der Waals surface area (Å²) in [6, 6.07) is 18.9. The number of thioether (sulfide) groups is 1. The van der Waals surface area contributed by atoms with Crippen LogP contribution in [0, 0.1) is 0 Å². The van der Waals surface area contributed by atoms with Gasteiger partial charge in [0.1, 0.15) is 0 Å². The summed E-state index contributed by atoms with van der Waals surface area (Å²) in [5, 5.41) is 0.523. The van der Waals surface area contributed by atoms with Gasteiger partial charge in [0.05, 0.1) is 5.75 Å². The Kier molecular flexibility index (Phi) is 6.00. The fourth-order valence-electron chi connectivity index (χ4n) is 3.61. The van der Waals surface area contributed by atoms with Crippen LogP contribution in [0.25, 0.3) is 11.2 Å². The second-order valence-corrected chi connectivity index (χ2v) is 8.15. The molecule has 0 saturated heterocycles. The highest BCUT2D eigenvalue weighted by atomic mass is 32.2. The Labute approximate surface area is 188 Å². The molecule has 9 heteroatoms. The molecule has 4 rings (SSSR count). The van der Waals surface area contributed by atoms with E-state index in [1.807, 2.05) is 67.6 Å². The molecule has 2 aromatic heterocycles. The highest BCUT2D eigenvalue weighted by molar-refractivity contribution is 7.99. The summed E-state index contributed by atoms with van der Waals surface area (Å²) in [4.78, 5) is 44.5. The minimum Gasteiger partial charge on any atom is -0.313 e. The number of benzene rings is 2. The molecule has 0 aliphatic rings. The molecule has 0 fully saturated rings. The van der Waals surface area contributed by atoms with E-state index in [-0.39, 0.29) is 11.7 Å². The number of carbonyl (C=O) groups excluding carboxylic acids is 1. The first-order valence-electron chi connectivity index (χ1n) is 10.2. The van der Waals surface area contributed by atoms with Gasteiger partial charge in [-0.3, -0.25) is 23.6 Å². The van der Waals surface area contributed by atoms with E-state index in [9.17, 15) is 14.4 Å². The van der Waals surface area contributed by atoms with E-state index >= 15 is 0 Å². The van der Waals surface area contributed by atoms with Crippen molar-refractivity contribution < 1.29 is 4.79 Å². The Hall–Kier alpha value is -3.59. The first-order chi connectivity index (χ1) is 15.4. The molecule has 0 radical (unpaired) electrons. The lowest BCUT2D eigenvalue weighted by atomic mass is 10.2. The Bertz CT molecular complexity index is 1350. The average Bonchev–Trinajstić information content (AvgIpc) is 3.20. The van der Waals surface area contributed by atoms with E-state index in [0.717, 1.165) is 15.9 Å². The van der Waals surface area contributed by atoms with Gasteiger partial charge in [-0.05, 0) is 31.2 Å². The highest BCUT2D eigenvalue weighted by Crippen LogP contribution is 2.28. The van der Waals surface area contributed by atoms with Crippen LogP contribution in [0.3, 0.4) is 0 Å². The summed E-state index contributed by atoms with van der Waals surface area (Å²) < 4.78 is 4.18. The van der Waals surface area contributed by atoms with Crippen molar-refractivity contribution in [2.45, 2.75) is 18.6 Å². The number of nitrogens with zero attached hydrogens (tertiary/aromatic N) is 5. The Morgan fingerprint density at radius 2 is 1.50 bits per heavy atom. The van der Waals surface area contributed by atoms with Crippen LogP contribution < -0.4 is 16.1 Å². The van der Waals surface area contributed by atoms with Gasteiger partial charge in [-0.2, -0.15) is 0 Å². The molecule has 32 heavy (non-hydrogen) atoms. The standard InChI is InChI=1S/C23H23N5O3S/c1-4-27-19-20(25(2)23(31)26(3)21(19)30)24-22(27)32-15-18(29)28(16-11-7-5-8-12-16)17-13-9-6-10-14-17/h5-14H,4,15H2,1-3H3. The molecule has 8 nitrogen and oxygen atoms in total. The number of imidazole rings is 1. The molecule has 0 N–H and O–H groups in total. The lowest BCUT2D eigenvalue weighted by Crippen LogP contribution is -2.37. The van der Waals surface area contributed by atoms with Crippen molar-refractivity contribution in [3.8, 4) is 0 Å². The van der Waals surface area contributed by atoms with Gasteiger partial charge < -0.3 is 4.57 Å². The average molecular weight is 450 g/mol. The summed E-state index contributed by atoms with van der Waals surface area (Å²) in [7, 11) is 3.04. The maximum atomic E-state index is 13.3. The van der Waals surface area contributed by atoms with Gasteiger partial charge in [-0.15, -0.1) is 0 Å². The van der Waals surface area contributed by atoms with Gasteiger partial charge in [0, 0.05) is 32.0 Å². The largest absolute Gasteiger partial charge is 0.332 e. The van der Waals surface area contributed by atoms with Crippen molar-refractivity contribution in [1.82, 2.24) is 18.7 Å². The summed E-state index contributed by atoms with van der Waals surface area (Å²) >= 11 is 1.25. The van der Waals surface area contributed by atoms with E-state index in [2.05, 4.69) is 4.98 Å². The smallest absolute Gasteiger partial charge is 0.313 e. The van der Waals surface area contributed by atoms with Crippen molar-refractivity contribution in [3.05, 3.63) is 81.5 Å². The van der Waals surface area contributed by atoms with E-state index < -0.39 is 11.2 Å². The molecule has 0 spiro atoms. The van der Waals surface area contributed by atoms with Crippen LogP contribution in [0.15, 0.2) is 75.4 Å². The minimum atomic E-state index is -0.435. The minimum absolute atomic E-state index is 0.112. The van der Waals surface area contributed by atoms with Crippen LogP contribution in [0.2, 0.25) is 0 Å². The maximum absolute atomic E-state index is 13.3. The fraction of sp³-hybridized carbons (Fsp3) is 0.217. The molecule has 2 aromatic carbocycles. The zero-order valence-electron chi connectivity index (χ0n) is 18.1. The molecule has 4 aromatic rings.